The molecule has 9 aromatic carbocycles. The van der Waals surface area contributed by atoms with Gasteiger partial charge in [0.1, 0.15) is 0 Å². The van der Waals surface area contributed by atoms with E-state index in [1.807, 2.05) is 24.8 Å². The van der Waals surface area contributed by atoms with Gasteiger partial charge in [-0.2, -0.15) is 0 Å². The minimum Gasteiger partial charge on any atom is -0.310 e. The first-order chi connectivity index (χ1) is 38.7. The molecule has 78 heavy (non-hydrogen) atoms. The van der Waals surface area contributed by atoms with E-state index in [0.717, 1.165) is 102 Å². The molecule has 0 saturated heterocycles. The van der Waals surface area contributed by atoms with Gasteiger partial charge in [0.15, 0.2) is 0 Å². The van der Waals surface area contributed by atoms with Crippen molar-refractivity contribution in [1.82, 2.24) is 19.1 Å². The van der Waals surface area contributed by atoms with Crippen molar-refractivity contribution in [2.24, 2.45) is 0 Å². The molecule has 0 saturated carbocycles. The highest BCUT2D eigenvalue weighted by Gasteiger charge is 2.19. The van der Waals surface area contributed by atoms with Crippen LogP contribution in [0.15, 0.2) is 316 Å². The van der Waals surface area contributed by atoms with Crippen LogP contribution < -0.4 is 9.80 Å². The average molecular weight is 1000 g/mol. The molecule has 0 radical (unpaired) electrons. The maximum Gasteiger partial charge on any atom is 0.0535 e. The zero-order valence-corrected chi connectivity index (χ0v) is 42.7. The number of aromatic nitrogens is 4. The predicted octanol–water partition coefficient (Wildman–Crippen LogP) is 19.0. The first-order valence-electron chi connectivity index (χ1n) is 26.3. The second-order valence-corrected chi connectivity index (χ2v) is 19.1. The first-order valence-corrected chi connectivity index (χ1v) is 26.3. The Labute approximate surface area is 455 Å². The van der Waals surface area contributed by atoms with Crippen LogP contribution >= 0.6 is 0 Å². The van der Waals surface area contributed by atoms with Crippen molar-refractivity contribution >= 4 is 34.1 Å². The molecule has 0 atom stereocenters. The summed E-state index contributed by atoms with van der Waals surface area (Å²) in [7, 11) is 0. The molecule has 370 valence electrons. The maximum atomic E-state index is 4.35. The number of para-hydroxylation sites is 2. The highest BCUT2D eigenvalue weighted by molar-refractivity contribution is 5.83. The predicted molar refractivity (Wildman–Crippen MR) is 323 cm³/mol. The summed E-state index contributed by atoms with van der Waals surface area (Å²) in [4.78, 5) is 13.3. The number of anilines is 6. The minimum absolute atomic E-state index is 1.03. The Balaban J connectivity index is 0.746. The molecule has 0 spiro atoms. The zero-order valence-electron chi connectivity index (χ0n) is 42.7. The molecule has 13 aromatic rings. The van der Waals surface area contributed by atoms with Gasteiger partial charge in [-0.05, 0) is 166 Å². The lowest BCUT2D eigenvalue weighted by Crippen LogP contribution is -2.10. The number of hydrogen-bond acceptors (Lipinski definition) is 4. The van der Waals surface area contributed by atoms with Gasteiger partial charge in [-0.1, -0.05) is 170 Å². The lowest BCUT2D eigenvalue weighted by atomic mass is 9.99. The molecule has 0 aliphatic carbocycles. The monoisotopic (exact) mass is 1000 g/mol. The van der Waals surface area contributed by atoms with Gasteiger partial charge in [-0.15, -0.1) is 0 Å². The van der Waals surface area contributed by atoms with Gasteiger partial charge >= 0.3 is 0 Å². The third kappa shape index (κ3) is 9.47. The van der Waals surface area contributed by atoms with Crippen LogP contribution in [0.25, 0.3) is 78.7 Å². The molecular weight excluding hydrogens is 949 g/mol. The van der Waals surface area contributed by atoms with Crippen molar-refractivity contribution in [1.29, 1.82) is 0 Å². The summed E-state index contributed by atoms with van der Waals surface area (Å²) >= 11 is 0. The fourth-order valence-electron chi connectivity index (χ4n) is 10.6. The lowest BCUT2D eigenvalue weighted by molar-refractivity contribution is 1.09. The molecule has 4 aromatic heterocycles. The number of nitrogens with zero attached hydrogens (tertiary/aromatic N) is 6. The minimum atomic E-state index is 1.03. The molecular formula is C72H52N6. The molecule has 0 N–H and O–H groups in total. The topological polar surface area (TPSA) is 42.1 Å². The van der Waals surface area contributed by atoms with Gasteiger partial charge in [0, 0.05) is 70.3 Å². The second kappa shape index (κ2) is 21.4. The van der Waals surface area contributed by atoms with Crippen molar-refractivity contribution in [3.8, 4) is 78.7 Å². The first kappa shape index (κ1) is 47.2. The van der Waals surface area contributed by atoms with Crippen LogP contribution in [-0.4, -0.2) is 19.1 Å². The van der Waals surface area contributed by atoms with E-state index >= 15 is 0 Å². The van der Waals surface area contributed by atoms with Crippen LogP contribution in [0, 0.1) is 0 Å². The molecule has 0 aliphatic heterocycles. The molecule has 0 unspecified atom stereocenters. The Morgan fingerprint density at radius 1 is 0.192 bits per heavy atom. The number of rotatable bonds is 14. The molecule has 0 amide bonds. The quantitative estimate of drug-likeness (QED) is 0.109. The summed E-state index contributed by atoms with van der Waals surface area (Å²) in [6.45, 7) is 0. The zero-order chi connectivity index (χ0) is 52.0. The van der Waals surface area contributed by atoms with Gasteiger partial charge in [0.25, 0.3) is 0 Å². The average Bonchev–Trinajstić information content (AvgIpc) is 4.20. The molecule has 13 rings (SSSR count). The third-order valence-electron chi connectivity index (χ3n) is 14.4. The van der Waals surface area contributed by atoms with E-state index in [4.69, 9.17) is 0 Å². The van der Waals surface area contributed by atoms with Gasteiger partial charge in [-0.25, -0.2) is 0 Å². The Morgan fingerprint density at radius 3 is 0.692 bits per heavy atom. The maximum absolute atomic E-state index is 4.35. The highest BCUT2D eigenvalue weighted by atomic mass is 15.1. The molecule has 0 fully saturated rings. The summed E-state index contributed by atoms with van der Waals surface area (Å²) in [5.41, 5.74) is 22.3. The van der Waals surface area contributed by atoms with E-state index < -0.39 is 0 Å². The van der Waals surface area contributed by atoms with Gasteiger partial charge in [-0.3, -0.25) is 9.97 Å². The van der Waals surface area contributed by atoms with E-state index in [9.17, 15) is 0 Å². The number of benzene rings is 9. The number of hydrogen-bond donors (Lipinski definition) is 0. The summed E-state index contributed by atoms with van der Waals surface area (Å²) < 4.78 is 4.69. The Hall–Kier alpha value is -10.6. The van der Waals surface area contributed by atoms with E-state index in [1.54, 1.807) is 0 Å². The smallest absolute Gasteiger partial charge is 0.0535 e. The van der Waals surface area contributed by atoms with Crippen molar-refractivity contribution in [3.05, 3.63) is 316 Å². The van der Waals surface area contributed by atoms with Crippen LogP contribution in [0.3, 0.4) is 0 Å². The summed E-state index contributed by atoms with van der Waals surface area (Å²) in [6.07, 6.45) is 7.39. The summed E-state index contributed by atoms with van der Waals surface area (Å²) in [6, 6.07) is 104. The van der Waals surface area contributed by atoms with Crippen LogP contribution in [0.1, 0.15) is 0 Å². The standard InChI is InChI=1S/C72H52N6/c1-5-13-57(14-6-1)69-41-43-71(77(69)61-17-9-3-10-18-61)59-29-37-65(38-30-59)75(67-45-49-73-50-46-67)63-33-25-55(26-34-63)53-21-23-54(24-22-53)56-27-35-64(36-28-56)76(68-47-51-74-52-48-68)66-39-31-60(32-40-66)72-44-42-70(58-15-7-2-8-16-58)78(72)62-19-11-4-12-20-62/h1-52H. The van der Waals surface area contributed by atoms with Gasteiger partial charge in [0.05, 0.1) is 22.8 Å². The van der Waals surface area contributed by atoms with Crippen LogP contribution in [0.4, 0.5) is 34.1 Å². The largest absolute Gasteiger partial charge is 0.310 e. The van der Waals surface area contributed by atoms with Crippen molar-refractivity contribution in [2.45, 2.75) is 0 Å². The van der Waals surface area contributed by atoms with Crippen LogP contribution in [-0.2, 0) is 0 Å². The Kier molecular flexibility index (Phi) is 12.9. The van der Waals surface area contributed by atoms with Crippen molar-refractivity contribution in [3.63, 3.8) is 0 Å². The van der Waals surface area contributed by atoms with Crippen molar-refractivity contribution < 1.29 is 0 Å². The SMILES string of the molecule is c1ccc(-c2ccc(-c3ccc(N(c4ccncc4)c4ccc(-c5ccc(-c6ccc(N(c7ccncc7)c7ccc(-c8ccc(-c9ccccc9)n8-c8ccccc8)cc7)cc6)cc5)cc4)cc3)n2-c2ccccc2)cc1. The van der Waals surface area contributed by atoms with Crippen LogP contribution in [0.5, 0.6) is 0 Å². The van der Waals surface area contributed by atoms with E-state index in [1.165, 1.54) is 11.1 Å². The highest BCUT2D eigenvalue weighted by Crippen LogP contribution is 2.41. The number of pyridine rings is 2. The fraction of sp³-hybridized carbons (Fsp3) is 0. The van der Waals surface area contributed by atoms with Gasteiger partial charge in [0.2, 0.25) is 0 Å². The van der Waals surface area contributed by atoms with Crippen LogP contribution in [0.2, 0.25) is 0 Å². The molecule has 0 aliphatic rings. The lowest BCUT2D eigenvalue weighted by Gasteiger charge is -2.26. The molecule has 0 bridgehead atoms. The molecule has 6 heteroatoms. The van der Waals surface area contributed by atoms with E-state index in [-0.39, 0.29) is 0 Å². The normalized spacial score (nSPS) is 11.1. The summed E-state index contributed by atoms with van der Waals surface area (Å²) in [5, 5.41) is 0. The van der Waals surface area contributed by atoms with E-state index in [2.05, 4.69) is 320 Å². The Bertz CT molecular complexity index is 3780. The van der Waals surface area contributed by atoms with Gasteiger partial charge < -0.3 is 18.9 Å². The third-order valence-corrected chi connectivity index (χ3v) is 14.4. The fourth-order valence-corrected chi connectivity index (χ4v) is 10.6. The molecule has 4 heterocycles. The Morgan fingerprint density at radius 2 is 0.410 bits per heavy atom. The molecule has 6 nitrogen and oxygen atoms in total. The second-order valence-electron chi connectivity index (χ2n) is 19.1. The van der Waals surface area contributed by atoms with E-state index in [0.29, 0.717) is 0 Å². The van der Waals surface area contributed by atoms with Crippen molar-refractivity contribution in [2.75, 3.05) is 9.80 Å². The summed E-state index contributed by atoms with van der Waals surface area (Å²) in [5.74, 6) is 0.